The van der Waals surface area contributed by atoms with Gasteiger partial charge in [-0.2, -0.15) is 0 Å². The number of nitrogens with one attached hydrogen (secondary N) is 1. The minimum absolute atomic E-state index is 0.127. The van der Waals surface area contributed by atoms with E-state index >= 15 is 0 Å². The standard InChI is InChI=1S/C13H13NO2S2/c1-7-8(2)10(16-3)5-4-9(7)6-11-12(15)14-13(17)18-11/h4-6H,1-3H3,(H,14,15,17). The fourth-order valence-electron chi connectivity index (χ4n) is 1.76. The number of carbonyl (C=O) groups excluding carboxylic acids is 1. The van der Waals surface area contributed by atoms with E-state index in [4.69, 9.17) is 17.0 Å². The van der Waals surface area contributed by atoms with Gasteiger partial charge in [-0.05, 0) is 42.7 Å². The van der Waals surface area contributed by atoms with Gasteiger partial charge in [0.15, 0.2) is 0 Å². The number of rotatable bonds is 2. The van der Waals surface area contributed by atoms with E-state index in [-0.39, 0.29) is 5.91 Å². The Morgan fingerprint density at radius 2 is 2.06 bits per heavy atom. The van der Waals surface area contributed by atoms with Gasteiger partial charge >= 0.3 is 0 Å². The lowest BCUT2D eigenvalue weighted by molar-refractivity contribution is -0.115. The Bertz CT molecular complexity index is 564. The third-order valence-corrected chi connectivity index (χ3v) is 4.09. The third kappa shape index (κ3) is 2.42. The average molecular weight is 279 g/mol. The van der Waals surface area contributed by atoms with Gasteiger partial charge in [0.1, 0.15) is 10.1 Å². The van der Waals surface area contributed by atoms with Gasteiger partial charge < -0.3 is 10.1 Å². The van der Waals surface area contributed by atoms with E-state index in [2.05, 4.69) is 5.32 Å². The Hall–Kier alpha value is -1.33. The zero-order chi connectivity index (χ0) is 13.3. The summed E-state index contributed by atoms with van der Waals surface area (Å²) in [7, 11) is 1.65. The van der Waals surface area contributed by atoms with Crippen LogP contribution in [0.2, 0.25) is 0 Å². The number of carbonyl (C=O) groups is 1. The largest absolute Gasteiger partial charge is 0.496 e. The van der Waals surface area contributed by atoms with Crippen LogP contribution in [0.4, 0.5) is 0 Å². The molecule has 0 unspecified atom stereocenters. The molecule has 3 nitrogen and oxygen atoms in total. The van der Waals surface area contributed by atoms with Crippen molar-refractivity contribution in [3.8, 4) is 5.75 Å². The number of thiocarbonyl (C=S) groups is 1. The third-order valence-electron chi connectivity index (χ3n) is 2.93. The summed E-state index contributed by atoms with van der Waals surface area (Å²) in [5.74, 6) is 0.728. The second-order valence-corrected chi connectivity index (χ2v) is 5.68. The molecular formula is C13H13NO2S2. The molecule has 1 N–H and O–H groups in total. The number of hydrogen-bond acceptors (Lipinski definition) is 4. The fraction of sp³-hybridized carbons (Fsp3) is 0.231. The summed E-state index contributed by atoms with van der Waals surface area (Å²) in [5.41, 5.74) is 3.20. The van der Waals surface area contributed by atoms with Crippen molar-refractivity contribution in [2.24, 2.45) is 0 Å². The van der Waals surface area contributed by atoms with Gasteiger partial charge in [-0.1, -0.05) is 30.0 Å². The van der Waals surface area contributed by atoms with Gasteiger partial charge in [-0.3, -0.25) is 4.79 Å². The van der Waals surface area contributed by atoms with Gasteiger partial charge in [-0.15, -0.1) is 0 Å². The van der Waals surface area contributed by atoms with Crippen molar-refractivity contribution in [2.75, 3.05) is 7.11 Å². The maximum atomic E-state index is 11.6. The van der Waals surface area contributed by atoms with Crippen LogP contribution in [0, 0.1) is 13.8 Å². The van der Waals surface area contributed by atoms with E-state index < -0.39 is 0 Å². The van der Waals surface area contributed by atoms with Crippen molar-refractivity contribution in [3.05, 3.63) is 33.7 Å². The van der Waals surface area contributed by atoms with Crippen molar-refractivity contribution < 1.29 is 9.53 Å². The quantitative estimate of drug-likeness (QED) is 0.667. The van der Waals surface area contributed by atoms with Crippen LogP contribution < -0.4 is 10.1 Å². The summed E-state index contributed by atoms with van der Waals surface area (Å²) >= 11 is 6.25. The summed E-state index contributed by atoms with van der Waals surface area (Å²) in [6, 6.07) is 3.86. The van der Waals surface area contributed by atoms with Crippen LogP contribution in [0.5, 0.6) is 5.75 Å². The minimum Gasteiger partial charge on any atom is -0.496 e. The first-order valence-electron chi connectivity index (χ1n) is 5.42. The predicted molar refractivity (Wildman–Crippen MR) is 78.8 cm³/mol. The highest BCUT2D eigenvalue weighted by molar-refractivity contribution is 8.26. The highest BCUT2D eigenvalue weighted by Crippen LogP contribution is 2.30. The van der Waals surface area contributed by atoms with Crippen molar-refractivity contribution >= 4 is 40.3 Å². The molecular weight excluding hydrogens is 266 g/mol. The topological polar surface area (TPSA) is 38.3 Å². The highest BCUT2D eigenvalue weighted by atomic mass is 32.2. The van der Waals surface area contributed by atoms with Gasteiger partial charge in [0, 0.05) is 0 Å². The summed E-state index contributed by atoms with van der Waals surface area (Å²) in [6.45, 7) is 4.02. The van der Waals surface area contributed by atoms with E-state index in [1.165, 1.54) is 11.8 Å². The Balaban J connectivity index is 2.41. The smallest absolute Gasteiger partial charge is 0.263 e. The average Bonchev–Trinajstić information content (AvgIpc) is 2.64. The molecule has 0 spiro atoms. The van der Waals surface area contributed by atoms with E-state index in [9.17, 15) is 4.79 Å². The molecule has 1 aromatic rings. The van der Waals surface area contributed by atoms with Crippen LogP contribution in [0.25, 0.3) is 6.08 Å². The molecule has 1 aromatic carbocycles. The lowest BCUT2D eigenvalue weighted by Crippen LogP contribution is -2.17. The number of methoxy groups -OCH3 is 1. The molecule has 2 rings (SSSR count). The Morgan fingerprint density at radius 1 is 1.33 bits per heavy atom. The first kappa shape index (κ1) is 13.1. The molecule has 94 valence electrons. The van der Waals surface area contributed by atoms with Crippen LogP contribution in [0.3, 0.4) is 0 Å². The lowest BCUT2D eigenvalue weighted by Gasteiger charge is -2.10. The zero-order valence-corrected chi connectivity index (χ0v) is 12.0. The second kappa shape index (κ2) is 5.12. The maximum absolute atomic E-state index is 11.6. The fourth-order valence-corrected chi connectivity index (χ4v) is 2.79. The van der Waals surface area contributed by atoms with Crippen molar-refractivity contribution in [1.82, 2.24) is 5.32 Å². The van der Waals surface area contributed by atoms with E-state index in [1.54, 1.807) is 7.11 Å². The number of benzene rings is 1. The van der Waals surface area contributed by atoms with Crippen LogP contribution in [-0.2, 0) is 4.79 Å². The molecule has 1 saturated heterocycles. The first-order valence-corrected chi connectivity index (χ1v) is 6.64. The second-order valence-electron chi connectivity index (χ2n) is 3.96. The van der Waals surface area contributed by atoms with Crippen LogP contribution in [-0.4, -0.2) is 17.3 Å². The van der Waals surface area contributed by atoms with Crippen LogP contribution in [0.1, 0.15) is 16.7 Å². The number of hydrogen-bond donors (Lipinski definition) is 1. The molecule has 5 heteroatoms. The molecule has 1 aliphatic rings. The van der Waals surface area contributed by atoms with Gasteiger partial charge in [-0.25, -0.2) is 0 Å². The van der Waals surface area contributed by atoms with Gasteiger partial charge in [0.25, 0.3) is 5.91 Å². The van der Waals surface area contributed by atoms with E-state index in [0.29, 0.717) is 9.23 Å². The Morgan fingerprint density at radius 3 is 2.61 bits per heavy atom. The van der Waals surface area contributed by atoms with Crippen molar-refractivity contribution in [1.29, 1.82) is 0 Å². The molecule has 0 aliphatic carbocycles. The summed E-state index contributed by atoms with van der Waals surface area (Å²) in [5, 5.41) is 2.61. The van der Waals surface area contributed by atoms with Gasteiger partial charge in [0.05, 0.1) is 12.0 Å². The number of amides is 1. The molecule has 0 aromatic heterocycles. The van der Waals surface area contributed by atoms with Crippen LogP contribution in [0.15, 0.2) is 17.0 Å². The molecule has 0 atom stereocenters. The van der Waals surface area contributed by atoms with Crippen molar-refractivity contribution in [2.45, 2.75) is 13.8 Å². The van der Waals surface area contributed by atoms with E-state index in [0.717, 1.165) is 22.4 Å². The molecule has 1 amide bonds. The number of thioether (sulfide) groups is 1. The molecule has 1 heterocycles. The SMILES string of the molecule is COc1ccc(C=C2SC(=S)NC2=O)c(C)c1C. The van der Waals surface area contributed by atoms with Crippen molar-refractivity contribution in [3.63, 3.8) is 0 Å². The number of ether oxygens (including phenoxy) is 1. The normalized spacial score (nSPS) is 17.2. The minimum atomic E-state index is -0.127. The molecule has 1 aliphatic heterocycles. The predicted octanol–water partition coefficient (Wildman–Crippen LogP) is 2.80. The lowest BCUT2D eigenvalue weighted by atomic mass is 10.0. The Kier molecular flexibility index (Phi) is 3.73. The summed E-state index contributed by atoms with van der Waals surface area (Å²) < 4.78 is 5.77. The Labute approximate surface area is 116 Å². The molecule has 0 saturated carbocycles. The zero-order valence-electron chi connectivity index (χ0n) is 10.4. The monoisotopic (exact) mass is 279 g/mol. The molecule has 0 bridgehead atoms. The molecule has 18 heavy (non-hydrogen) atoms. The maximum Gasteiger partial charge on any atom is 0.263 e. The molecule has 1 fully saturated rings. The van der Waals surface area contributed by atoms with Gasteiger partial charge in [0.2, 0.25) is 0 Å². The summed E-state index contributed by atoms with van der Waals surface area (Å²) in [6.07, 6.45) is 1.86. The highest BCUT2D eigenvalue weighted by Gasteiger charge is 2.22. The van der Waals surface area contributed by atoms with E-state index in [1.807, 2.05) is 32.1 Å². The first-order chi connectivity index (χ1) is 8.52. The summed E-state index contributed by atoms with van der Waals surface area (Å²) in [4.78, 5) is 12.2. The molecule has 0 radical (unpaired) electrons. The van der Waals surface area contributed by atoms with Crippen LogP contribution >= 0.6 is 24.0 Å².